The van der Waals surface area contributed by atoms with Crippen LogP contribution in [-0.2, 0) is 17.9 Å². The summed E-state index contributed by atoms with van der Waals surface area (Å²) in [6.45, 7) is 8.38. The first kappa shape index (κ1) is 12.7. The maximum atomic E-state index is 10.6. The molecule has 0 radical (unpaired) electrons. The summed E-state index contributed by atoms with van der Waals surface area (Å²) in [5.41, 5.74) is 8.51. The topological polar surface area (TPSA) is 72.9 Å². The highest BCUT2D eigenvalue weighted by atomic mass is 16.1. The molecule has 0 spiro atoms. The number of carbonyl (C=O) groups excluding carboxylic acids is 1. The van der Waals surface area contributed by atoms with Gasteiger partial charge >= 0.3 is 0 Å². The van der Waals surface area contributed by atoms with E-state index in [1.54, 1.807) is 0 Å². The quantitative estimate of drug-likeness (QED) is 0.690. The van der Waals surface area contributed by atoms with E-state index in [1.807, 2.05) is 11.6 Å². The second-order valence-corrected chi connectivity index (χ2v) is 3.86. The summed E-state index contributed by atoms with van der Waals surface area (Å²) in [5, 5.41) is 7.63. The summed E-state index contributed by atoms with van der Waals surface area (Å²) in [7, 11) is 0. The number of aromatic nitrogens is 2. The first-order valence-electron chi connectivity index (χ1n) is 5.58. The molecule has 0 fully saturated rings. The fraction of sp³-hybridized carbons (Fsp3) is 0.636. The number of nitrogens with zero attached hydrogens (tertiary/aromatic N) is 2. The van der Waals surface area contributed by atoms with Crippen LogP contribution in [0.5, 0.6) is 0 Å². The SMILES string of the molecule is CCn1nc(C)c(CNCCC(N)=O)c1C. The molecule has 1 heterocycles. The van der Waals surface area contributed by atoms with Gasteiger partial charge in [-0.3, -0.25) is 9.48 Å². The van der Waals surface area contributed by atoms with Crippen molar-refractivity contribution in [2.24, 2.45) is 5.73 Å². The number of nitrogens with two attached hydrogens (primary N) is 1. The predicted molar refractivity (Wildman–Crippen MR) is 62.9 cm³/mol. The van der Waals surface area contributed by atoms with Gasteiger partial charge < -0.3 is 11.1 Å². The minimum atomic E-state index is -0.273. The molecule has 5 heteroatoms. The van der Waals surface area contributed by atoms with E-state index in [0.29, 0.717) is 13.0 Å². The lowest BCUT2D eigenvalue weighted by molar-refractivity contribution is -0.117. The number of rotatable bonds is 6. The summed E-state index contributed by atoms with van der Waals surface area (Å²) >= 11 is 0. The van der Waals surface area contributed by atoms with Gasteiger partial charge in [0.25, 0.3) is 0 Å². The number of hydrogen-bond donors (Lipinski definition) is 2. The fourth-order valence-corrected chi connectivity index (χ4v) is 1.72. The molecule has 0 bridgehead atoms. The molecule has 1 aromatic rings. The maximum Gasteiger partial charge on any atom is 0.218 e. The van der Waals surface area contributed by atoms with Crippen molar-refractivity contribution >= 4 is 5.91 Å². The molecule has 3 N–H and O–H groups in total. The Morgan fingerprint density at radius 1 is 1.50 bits per heavy atom. The summed E-state index contributed by atoms with van der Waals surface area (Å²) in [6.07, 6.45) is 0.375. The molecule has 0 atom stereocenters. The van der Waals surface area contributed by atoms with Crippen molar-refractivity contribution in [3.63, 3.8) is 0 Å². The van der Waals surface area contributed by atoms with Crippen LogP contribution in [0.4, 0.5) is 0 Å². The number of aryl methyl sites for hydroxylation is 2. The lowest BCUT2D eigenvalue weighted by atomic mass is 10.2. The molecule has 0 aliphatic heterocycles. The van der Waals surface area contributed by atoms with Crippen LogP contribution in [0.1, 0.15) is 30.3 Å². The van der Waals surface area contributed by atoms with Gasteiger partial charge in [0.2, 0.25) is 5.91 Å². The van der Waals surface area contributed by atoms with Gasteiger partial charge in [0, 0.05) is 37.3 Å². The Labute approximate surface area is 96.0 Å². The van der Waals surface area contributed by atoms with Crippen molar-refractivity contribution in [1.29, 1.82) is 0 Å². The summed E-state index contributed by atoms with van der Waals surface area (Å²) in [6, 6.07) is 0. The third-order valence-electron chi connectivity index (χ3n) is 2.68. The number of hydrogen-bond acceptors (Lipinski definition) is 3. The van der Waals surface area contributed by atoms with E-state index in [1.165, 1.54) is 11.3 Å². The Bertz CT molecular complexity index is 370. The van der Waals surface area contributed by atoms with Gasteiger partial charge in [-0.25, -0.2) is 0 Å². The Morgan fingerprint density at radius 3 is 2.69 bits per heavy atom. The second-order valence-electron chi connectivity index (χ2n) is 3.86. The zero-order valence-electron chi connectivity index (χ0n) is 10.2. The van der Waals surface area contributed by atoms with Crippen LogP contribution in [-0.4, -0.2) is 22.2 Å². The van der Waals surface area contributed by atoms with Crippen molar-refractivity contribution in [3.05, 3.63) is 17.0 Å². The standard InChI is InChI=1S/C11H20N4O/c1-4-15-9(3)10(8(2)14-15)7-13-6-5-11(12)16/h13H,4-7H2,1-3H3,(H2,12,16). The third-order valence-corrected chi connectivity index (χ3v) is 2.68. The minimum absolute atomic E-state index is 0.273. The molecule has 1 amide bonds. The highest BCUT2D eigenvalue weighted by Gasteiger charge is 2.09. The van der Waals surface area contributed by atoms with Crippen molar-refractivity contribution in [2.75, 3.05) is 6.54 Å². The van der Waals surface area contributed by atoms with Crippen LogP contribution < -0.4 is 11.1 Å². The minimum Gasteiger partial charge on any atom is -0.370 e. The van der Waals surface area contributed by atoms with E-state index in [0.717, 1.165) is 18.8 Å². The van der Waals surface area contributed by atoms with Crippen LogP contribution in [0, 0.1) is 13.8 Å². The van der Waals surface area contributed by atoms with Crippen molar-refractivity contribution in [3.8, 4) is 0 Å². The molecule has 0 saturated heterocycles. The lowest BCUT2D eigenvalue weighted by Gasteiger charge is -2.04. The van der Waals surface area contributed by atoms with Crippen LogP contribution in [0.15, 0.2) is 0 Å². The highest BCUT2D eigenvalue weighted by Crippen LogP contribution is 2.12. The van der Waals surface area contributed by atoms with E-state index in [9.17, 15) is 4.79 Å². The summed E-state index contributed by atoms with van der Waals surface area (Å²) in [4.78, 5) is 10.6. The van der Waals surface area contributed by atoms with Gasteiger partial charge in [0.05, 0.1) is 5.69 Å². The molecule has 0 aromatic carbocycles. The van der Waals surface area contributed by atoms with Gasteiger partial charge in [0.15, 0.2) is 0 Å². The molecule has 0 aliphatic carbocycles. The predicted octanol–water partition coefficient (Wildman–Crippen LogP) is 0.485. The van der Waals surface area contributed by atoms with E-state index < -0.39 is 0 Å². The smallest absolute Gasteiger partial charge is 0.218 e. The summed E-state index contributed by atoms with van der Waals surface area (Å²) < 4.78 is 1.99. The molecule has 90 valence electrons. The molecule has 16 heavy (non-hydrogen) atoms. The largest absolute Gasteiger partial charge is 0.370 e. The van der Waals surface area contributed by atoms with Crippen LogP contribution >= 0.6 is 0 Å². The lowest BCUT2D eigenvalue weighted by Crippen LogP contribution is -2.22. The average molecular weight is 224 g/mol. The van der Waals surface area contributed by atoms with E-state index in [-0.39, 0.29) is 5.91 Å². The zero-order chi connectivity index (χ0) is 12.1. The van der Waals surface area contributed by atoms with Gasteiger partial charge in [-0.2, -0.15) is 5.10 Å². The average Bonchev–Trinajstić information content (AvgIpc) is 2.50. The molecule has 0 unspecified atom stereocenters. The number of amides is 1. The van der Waals surface area contributed by atoms with Crippen molar-refractivity contribution < 1.29 is 4.79 Å². The van der Waals surface area contributed by atoms with Gasteiger partial charge in [-0.15, -0.1) is 0 Å². The highest BCUT2D eigenvalue weighted by molar-refractivity contribution is 5.73. The van der Waals surface area contributed by atoms with E-state index >= 15 is 0 Å². The molecular weight excluding hydrogens is 204 g/mol. The first-order valence-corrected chi connectivity index (χ1v) is 5.58. The number of primary amides is 1. The molecular formula is C11H20N4O. The second kappa shape index (κ2) is 5.65. The zero-order valence-corrected chi connectivity index (χ0v) is 10.2. The van der Waals surface area contributed by atoms with Gasteiger partial charge in [0.1, 0.15) is 0 Å². The van der Waals surface area contributed by atoms with Crippen molar-refractivity contribution in [2.45, 2.75) is 40.3 Å². The van der Waals surface area contributed by atoms with E-state index in [4.69, 9.17) is 5.73 Å². The van der Waals surface area contributed by atoms with Gasteiger partial charge in [-0.05, 0) is 20.8 Å². The number of nitrogens with one attached hydrogen (secondary N) is 1. The molecule has 1 rings (SSSR count). The molecule has 5 nitrogen and oxygen atoms in total. The normalized spacial score (nSPS) is 10.7. The Balaban J connectivity index is 2.53. The Morgan fingerprint density at radius 2 is 2.19 bits per heavy atom. The maximum absolute atomic E-state index is 10.6. The number of carbonyl (C=O) groups is 1. The Hall–Kier alpha value is -1.36. The summed E-state index contributed by atoms with van der Waals surface area (Å²) in [5.74, 6) is -0.273. The fourth-order valence-electron chi connectivity index (χ4n) is 1.72. The van der Waals surface area contributed by atoms with Crippen LogP contribution in [0.3, 0.4) is 0 Å². The third kappa shape index (κ3) is 3.06. The first-order chi connectivity index (χ1) is 7.56. The monoisotopic (exact) mass is 224 g/mol. The molecule has 0 aliphatic rings. The molecule has 1 aromatic heterocycles. The van der Waals surface area contributed by atoms with Crippen LogP contribution in [0.2, 0.25) is 0 Å². The van der Waals surface area contributed by atoms with Gasteiger partial charge in [-0.1, -0.05) is 0 Å². The van der Waals surface area contributed by atoms with Crippen LogP contribution in [0.25, 0.3) is 0 Å². The van der Waals surface area contributed by atoms with E-state index in [2.05, 4.69) is 24.3 Å². The van der Waals surface area contributed by atoms with Crippen molar-refractivity contribution in [1.82, 2.24) is 15.1 Å². The molecule has 0 saturated carbocycles. The Kier molecular flexibility index (Phi) is 4.49.